The molecule has 1 aromatic carbocycles. The molecule has 0 aromatic heterocycles. The molecule has 0 heterocycles. The van der Waals surface area contributed by atoms with Gasteiger partial charge in [0.25, 0.3) is 5.69 Å². The number of nitrogens with one attached hydrogen (secondary N) is 1. The van der Waals surface area contributed by atoms with E-state index in [4.69, 9.17) is 4.74 Å². The summed E-state index contributed by atoms with van der Waals surface area (Å²) in [5, 5.41) is 13.9. The minimum Gasteiger partial charge on any atom is -0.496 e. The summed E-state index contributed by atoms with van der Waals surface area (Å²) in [6, 6.07) is 4.62. The van der Waals surface area contributed by atoms with Gasteiger partial charge in [-0.25, -0.2) is 0 Å². The number of ether oxygens (including phenoxy) is 1. The molecule has 0 fully saturated rings. The maximum Gasteiger partial charge on any atom is 0.270 e. The van der Waals surface area contributed by atoms with E-state index < -0.39 is 4.92 Å². The van der Waals surface area contributed by atoms with Crippen LogP contribution in [0.15, 0.2) is 18.2 Å². The molecule has 0 bridgehead atoms. The van der Waals surface area contributed by atoms with Crippen molar-refractivity contribution >= 4 is 17.4 Å². The van der Waals surface area contributed by atoms with Crippen LogP contribution in [0.1, 0.15) is 5.56 Å². The molecule has 94 valence electrons. The highest BCUT2D eigenvalue weighted by atomic mass is 32.2. The molecule has 0 atom stereocenters. The van der Waals surface area contributed by atoms with Crippen molar-refractivity contribution in [1.82, 2.24) is 5.32 Å². The SMILES string of the molecule is COc1ccc([N+](=O)[O-])cc1CNCCSC. The Hall–Kier alpha value is -1.27. The minimum absolute atomic E-state index is 0.0902. The van der Waals surface area contributed by atoms with Gasteiger partial charge in [0.1, 0.15) is 5.75 Å². The lowest BCUT2D eigenvalue weighted by atomic mass is 10.1. The standard InChI is InChI=1S/C11H16N2O3S/c1-16-11-4-3-10(13(14)15)7-9(11)8-12-5-6-17-2/h3-4,7,12H,5-6,8H2,1-2H3. The number of thioether (sulfide) groups is 1. The molecular weight excluding hydrogens is 240 g/mol. The predicted molar refractivity (Wildman–Crippen MR) is 69.7 cm³/mol. The van der Waals surface area contributed by atoms with E-state index in [2.05, 4.69) is 5.32 Å². The zero-order valence-electron chi connectivity index (χ0n) is 9.93. The molecule has 0 spiro atoms. The molecule has 5 nitrogen and oxygen atoms in total. The van der Waals surface area contributed by atoms with Crippen molar-refractivity contribution in [2.75, 3.05) is 25.7 Å². The molecule has 0 radical (unpaired) electrons. The normalized spacial score (nSPS) is 10.2. The second-order valence-corrected chi connectivity index (χ2v) is 4.41. The summed E-state index contributed by atoms with van der Waals surface area (Å²) < 4.78 is 5.17. The number of nitro benzene ring substituents is 1. The van der Waals surface area contributed by atoms with E-state index in [0.29, 0.717) is 12.3 Å². The van der Waals surface area contributed by atoms with Gasteiger partial charge in [-0.05, 0) is 12.3 Å². The molecule has 0 unspecified atom stereocenters. The Kier molecular flexibility index (Phi) is 5.79. The summed E-state index contributed by atoms with van der Waals surface area (Å²) in [4.78, 5) is 10.3. The highest BCUT2D eigenvalue weighted by Gasteiger charge is 2.10. The summed E-state index contributed by atoms with van der Waals surface area (Å²) in [6.07, 6.45) is 2.04. The highest BCUT2D eigenvalue weighted by Crippen LogP contribution is 2.23. The number of rotatable bonds is 7. The van der Waals surface area contributed by atoms with Crippen molar-refractivity contribution in [3.8, 4) is 5.75 Å². The van der Waals surface area contributed by atoms with Crippen molar-refractivity contribution in [3.05, 3.63) is 33.9 Å². The molecule has 17 heavy (non-hydrogen) atoms. The van der Waals surface area contributed by atoms with Crippen molar-refractivity contribution in [2.24, 2.45) is 0 Å². The Balaban J connectivity index is 2.72. The van der Waals surface area contributed by atoms with Crippen LogP contribution in [0.5, 0.6) is 5.75 Å². The smallest absolute Gasteiger partial charge is 0.270 e. The number of methoxy groups -OCH3 is 1. The largest absolute Gasteiger partial charge is 0.496 e. The predicted octanol–water partition coefficient (Wildman–Crippen LogP) is 2.06. The first-order valence-electron chi connectivity index (χ1n) is 5.20. The van der Waals surface area contributed by atoms with E-state index in [1.807, 2.05) is 6.26 Å². The van der Waals surface area contributed by atoms with Gasteiger partial charge in [-0.2, -0.15) is 11.8 Å². The topological polar surface area (TPSA) is 64.4 Å². The molecule has 0 saturated carbocycles. The number of non-ortho nitro benzene ring substituents is 1. The first-order chi connectivity index (χ1) is 8.19. The van der Waals surface area contributed by atoms with E-state index >= 15 is 0 Å². The van der Waals surface area contributed by atoms with Gasteiger partial charge in [-0.1, -0.05) is 0 Å². The fraction of sp³-hybridized carbons (Fsp3) is 0.455. The van der Waals surface area contributed by atoms with Gasteiger partial charge in [0.2, 0.25) is 0 Å². The van der Waals surface area contributed by atoms with Gasteiger partial charge < -0.3 is 10.1 Å². The monoisotopic (exact) mass is 256 g/mol. The van der Waals surface area contributed by atoms with Crippen molar-refractivity contribution in [1.29, 1.82) is 0 Å². The van der Waals surface area contributed by atoms with E-state index in [1.165, 1.54) is 6.07 Å². The molecule has 0 aliphatic rings. The van der Waals surface area contributed by atoms with E-state index in [0.717, 1.165) is 17.9 Å². The van der Waals surface area contributed by atoms with Gasteiger partial charge in [-0.15, -0.1) is 0 Å². The van der Waals surface area contributed by atoms with Gasteiger partial charge in [-0.3, -0.25) is 10.1 Å². The summed E-state index contributed by atoms with van der Waals surface area (Å²) in [7, 11) is 1.56. The van der Waals surface area contributed by atoms with Crippen LogP contribution in [0.2, 0.25) is 0 Å². The van der Waals surface area contributed by atoms with Crippen LogP contribution in [0.4, 0.5) is 5.69 Å². The fourth-order valence-electron chi connectivity index (χ4n) is 1.41. The van der Waals surface area contributed by atoms with Crippen LogP contribution in [0, 0.1) is 10.1 Å². The molecule has 6 heteroatoms. The maximum atomic E-state index is 10.7. The van der Waals surface area contributed by atoms with Crippen LogP contribution in [-0.2, 0) is 6.54 Å². The average molecular weight is 256 g/mol. The first-order valence-corrected chi connectivity index (χ1v) is 6.59. The number of benzene rings is 1. The Morgan fingerprint density at radius 1 is 1.53 bits per heavy atom. The Morgan fingerprint density at radius 2 is 2.29 bits per heavy atom. The highest BCUT2D eigenvalue weighted by molar-refractivity contribution is 7.98. The number of hydrogen-bond acceptors (Lipinski definition) is 5. The Morgan fingerprint density at radius 3 is 2.88 bits per heavy atom. The van der Waals surface area contributed by atoms with E-state index in [9.17, 15) is 10.1 Å². The number of nitrogens with zero attached hydrogens (tertiary/aromatic N) is 1. The van der Waals surface area contributed by atoms with E-state index in [1.54, 1.807) is 31.0 Å². The van der Waals surface area contributed by atoms with Crippen LogP contribution < -0.4 is 10.1 Å². The third kappa shape index (κ3) is 4.24. The third-order valence-corrected chi connectivity index (χ3v) is 2.89. The fourth-order valence-corrected chi connectivity index (χ4v) is 1.76. The molecule has 1 aromatic rings. The quantitative estimate of drug-likeness (QED) is 0.459. The van der Waals surface area contributed by atoms with E-state index in [-0.39, 0.29) is 5.69 Å². The lowest BCUT2D eigenvalue weighted by Crippen LogP contribution is -2.17. The summed E-state index contributed by atoms with van der Waals surface area (Å²) >= 11 is 1.75. The van der Waals surface area contributed by atoms with Crippen molar-refractivity contribution in [3.63, 3.8) is 0 Å². The van der Waals surface area contributed by atoms with Gasteiger partial charge in [0, 0.05) is 36.5 Å². The number of hydrogen-bond donors (Lipinski definition) is 1. The Labute approximate surface area is 105 Å². The summed E-state index contributed by atoms with van der Waals surface area (Å²) in [5.74, 6) is 1.68. The summed E-state index contributed by atoms with van der Waals surface area (Å²) in [6.45, 7) is 1.44. The third-order valence-electron chi connectivity index (χ3n) is 2.27. The van der Waals surface area contributed by atoms with Gasteiger partial charge >= 0.3 is 0 Å². The van der Waals surface area contributed by atoms with Crippen LogP contribution in [0.3, 0.4) is 0 Å². The van der Waals surface area contributed by atoms with Crippen LogP contribution in [-0.4, -0.2) is 30.6 Å². The van der Waals surface area contributed by atoms with Crippen molar-refractivity contribution < 1.29 is 9.66 Å². The second-order valence-electron chi connectivity index (χ2n) is 3.42. The molecule has 1 rings (SSSR count). The molecule has 0 amide bonds. The molecule has 0 saturated heterocycles. The van der Waals surface area contributed by atoms with Gasteiger partial charge in [0.05, 0.1) is 12.0 Å². The van der Waals surface area contributed by atoms with Gasteiger partial charge in [0.15, 0.2) is 0 Å². The van der Waals surface area contributed by atoms with Crippen LogP contribution >= 0.6 is 11.8 Å². The zero-order valence-corrected chi connectivity index (χ0v) is 10.8. The molecule has 0 aliphatic carbocycles. The average Bonchev–Trinajstić information content (AvgIpc) is 2.34. The number of nitro groups is 1. The molecule has 1 N–H and O–H groups in total. The van der Waals surface area contributed by atoms with Crippen molar-refractivity contribution in [2.45, 2.75) is 6.54 Å². The minimum atomic E-state index is -0.398. The zero-order chi connectivity index (χ0) is 12.7. The summed E-state index contributed by atoms with van der Waals surface area (Å²) in [5.41, 5.74) is 0.898. The maximum absolute atomic E-state index is 10.7. The lowest BCUT2D eigenvalue weighted by molar-refractivity contribution is -0.384. The Bertz CT molecular complexity index is 385. The molecule has 0 aliphatic heterocycles. The molecular formula is C11H16N2O3S. The lowest BCUT2D eigenvalue weighted by Gasteiger charge is -2.09. The first kappa shape index (κ1) is 13.8. The second kappa shape index (κ2) is 7.13. The van der Waals surface area contributed by atoms with Crippen LogP contribution in [0.25, 0.3) is 0 Å².